The van der Waals surface area contributed by atoms with Gasteiger partial charge in [-0.1, -0.05) is 30.3 Å². The van der Waals surface area contributed by atoms with E-state index in [-0.39, 0.29) is 0 Å². The van der Waals surface area contributed by atoms with Crippen LogP contribution in [0.15, 0.2) is 72.4 Å². The summed E-state index contributed by atoms with van der Waals surface area (Å²) in [7, 11) is -3.45. The number of anilines is 3. The van der Waals surface area contributed by atoms with Crippen LogP contribution in [-0.2, 0) is 10.0 Å². The molecule has 0 saturated carbocycles. The van der Waals surface area contributed by atoms with Crippen molar-refractivity contribution in [3.8, 4) is 0 Å². The molecule has 9 heteroatoms. The van der Waals surface area contributed by atoms with E-state index in [1.54, 1.807) is 18.5 Å². The summed E-state index contributed by atoms with van der Waals surface area (Å²) in [5.41, 5.74) is 1.69. The minimum atomic E-state index is -3.45. The molecule has 1 aromatic carbocycles. The van der Waals surface area contributed by atoms with E-state index in [1.807, 2.05) is 59.5 Å². The Balaban J connectivity index is 1.34. The van der Waals surface area contributed by atoms with E-state index in [1.165, 1.54) is 9.71 Å². The summed E-state index contributed by atoms with van der Waals surface area (Å²) in [5.74, 6) is 1.35. The molecule has 1 N–H and O–H groups in total. The number of piperazine rings is 1. The Hall–Kier alpha value is -3.30. The lowest BCUT2D eigenvalue weighted by Gasteiger charge is -2.33. The van der Waals surface area contributed by atoms with E-state index in [0.717, 1.165) is 17.1 Å². The van der Waals surface area contributed by atoms with Crippen molar-refractivity contribution in [3.05, 3.63) is 78.0 Å². The Morgan fingerprint density at radius 3 is 2.37 bits per heavy atom. The van der Waals surface area contributed by atoms with Gasteiger partial charge in [-0.25, -0.2) is 8.42 Å². The number of aromatic nitrogens is 3. The quantitative estimate of drug-likeness (QED) is 0.653. The first-order chi connectivity index (χ1) is 14.6. The highest BCUT2D eigenvalue weighted by molar-refractivity contribution is 7.92. The molecule has 8 nitrogen and oxygen atoms in total. The molecule has 0 amide bonds. The fraction of sp³-hybridized carbons (Fsp3) is 0.190. The van der Waals surface area contributed by atoms with Crippen LogP contribution in [0.25, 0.3) is 6.08 Å². The fourth-order valence-electron chi connectivity index (χ4n) is 3.13. The first-order valence-corrected chi connectivity index (χ1v) is 11.1. The predicted octanol–water partition coefficient (Wildman–Crippen LogP) is 2.74. The summed E-state index contributed by atoms with van der Waals surface area (Å²) in [6.45, 7) is 1.92. The van der Waals surface area contributed by atoms with Crippen LogP contribution in [0, 0.1) is 0 Å². The van der Waals surface area contributed by atoms with E-state index in [2.05, 4.69) is 20.5 Å². The average Bonchev–Trinajstić information content (AvgIpc) is 2.80. The maximum Gasteiger partial charge on any atom is 0.236 e. The van der Waals surface area contributed by atoms with Gasteiger partial charge in [-0.2, -0.15) is 4.31 Å². The SMILES string of the molecule is O=S(=O)(/C=C/c1ccccc1)N1CCN(c2ccc(Nc3cccnc3)nn2)CC1. The lowest BCUT2D eigenvalue weighted by Crippen LogP contribution is -2.48. The van der Waals surface area contributed by atoms with Crippen LogP contribution >= 0.6 is 0 Å². The van der Waals surface area contributed by atoms with E-state index >= 15 is 0 Å². The maximum absolute atomic E-state index is 12.6. The average molecular weight is 423 g/mol. The van der Waals surface area contributed by atoms with Crippen LogP contribution < -0.4 is 10.2 Å². The molecule has 3 aromatic rings. The molecule has 0 atom stereocenters. The molecule has 2 aromatic heterocycles. The minimum Gasteiger partial charge on any atom is -0.352 e. The highest BCUT2D eigenvalue weighted by Gasteiger charge is 2.25. The highest BCUT2D eigenvalue weighted by atomic mass is 32.2. The smallest absolute Gasteiger partial charge is 0.236 e. The molecule has 1 saturated heterocycles. The molecule has 30 heavy (non-hydrogen) atoms. The van der Waals surface area contributed by atoms with Crippen LogP contribution in [0.2, 0.25) is 0 Å². The normalized spacial score (nSPS) is 15.4. The molecule has 154 valence electrons. The Labute approximate surface area is 175 Å². The second kappa shape index (κ2) is 9.02. The van der Waals surface area contributed by atoms with Gasteiger partial charge in [0.2, 0.25) is 10.0 Å². The summed E-state index contributed by atoms with van der Waals surface area (Å²) in [6.07, 6.45) is 5.04. The number of rotatable bonds is 6. The zero-order valence-electron chi connectivity index (χ0n) is 16.3. The molecule has 1 fully saturated rings. The molecule has 0 spiro atoms. The van der Waals surface area contributed by atoms with Gasteiger partial charge in [-0.05, 0) is 35.9 Å². The Kier molecular flexibility index (Phi) is 6.01. The van der Waals surface area contributed by atoms with Gasteiger partial charge in [0.15, 0.2) is 11.6 Å². The van der Waals surface area contributed by atoms with Crippen LogP contribution in [0.1, 0.15) is 5.56 Å². The highest BCUT2D eigenvalue weighted by Crippen LogP contribution is 2.18. The molecule has 0 bridgehead atoms. The van der Waals surface area contributed by atoms with Crippen molar-refractivity contribution in [3.63, 3.8) is 0 Å². The van der Waals surface area contributed by atoms with Gasteiger partial charge < -0.3 is 10.2 Å². The van der Waals surface area contributed by atoms with Crippen molar-refractivity contribution in [2.75, 3.05) is 36.4 Å². The summed E-state index contributed by atoms with van der Waals surface area (Å²) >= 11 is 0. The number of nitrogens with one attached hydrogen (secondary N) is 1. The Morgan fingerprint density at radius 2 is 1.70 bits per heavy atom. The van der Waals surface area contributed by atoms with E-state index in [0.29, 0.717) is 32.0 Å². The zero-order valence-corrected chi connectivity index (χ0v) is 17.1. The lowest BCUT2D eigenvalue weighted by molar-refractivity contribution is 0.388. The standard InChI is InChI=1S/C21H22N6O2S/c28-30(29,16-10-18-5-2-1-3-6-18)27-14-12-26(13-15-27)21-9-8-20(24-25-21)23-19-7-4-11-22-17-19/h1-11,16-17H,12-15H2,(H,23,24)/b16-10+. The van der Waals surface area contributed by atoms with Crippen molar-refractivity contribution >= 4 is 33.4 Å². The number of sulfonamides is 1. The monoisotopic (exact) mass is 422 g/mol. The van der Waals surface area contributed by atoms with Crippen molar-refractivity contribution in [1.29, 1.82) is 0 Å². The van der Waals surface area contributed by atoms with Crippen LogP contribution in [0.5, 0.6) is 0 Å². The third kappa shape index (κ3) is 5.00. The molecule has 1 aliphatic rings. The molecule has 4 rings (SSSR count). The van der Waals surface area contributed by atoms with Crippen molar-refractivity contribution in [1.82, 2.24) is 19.5 Å². The summed E-state index contributed by atoms with van der Waals surface area (Å²) in [5, 5.41) is 12.9. The third-order valence-corrected chi connectivity index (χ3v) is 6.30. The van der Waals surface area contributed by atoms with Gasteiger partial charge in [0.05, 0.1) is 11.9 Å². The molecule has 0 unspecified atom stereocenters. The summed E-state index contributed by atoms with van der Waals surface area (Å²) < 4.78 is 26.7. The second-order valence-corrected chi connectivity index (χ2v) is 8.61. The van der Waals surface area contributed by atoms with Gasteiger partial charge in [-0.3, -0.25) is 4.98 Å². The summed E-state index contributed by atoms with van der Waals surface area (Å²) in [4.78, 5) is 6.09. The number of hydrogen-bond acceptors (Lipinski definition) is 7. The molecule has 0 radical (unpaired) electrons. The number of benzene rings is 1. The lowest BCUT2D eigenvalue weighted by atomic mass is 10.2. The first kappa shape index (κ1) is 20.0. The third-order valence-electron chi connectivity index (χ3n) is 4.74. The van der Waals surface area contributed by atoms with Crippen LogP contribution in [-0.4, -0.2) is 54.1 Å². The maximum atomic E-state index is 12.6. The van der Waals surface area contributed by atoms with Crippen molar-refractivity contribution in [2.45, 2.75) is 0 Å². The fourth-order valence-corrected chi connectivity index (χ4v) is 4.31. The predicted molar refractivity (Wildman–Crippen MR) is 118 cm³/mol. The van der Waals surface area contributed by atoms with Gasteiger partial charge >= 0.3 is 0 Å². The first-order valence-electron chi connectivity index (χ1n) is 9.59. The van der Waals surface area contributed by atoms with Gasteiger partial charge in [0, 0.05) is 37.8 Å². The molecular formula is C21H22N6O2S. The number of pyridine rings is 1. The Morgan fingerprint density at radius 1 is 0.900 bits per heavy atom. The summed E-state index contributed by atoms with van der Waals surface area (Å²) in [6, 6.07) is 16.9. The van der Waals surface area contributed by atoms with Crippen molar-refractivity contribution in [2.24, 2.45) is 0 Å². The Bertz CT molecular complexity index is 1080. The molecule has 0 aliphatic carbocycles. The molecule has 3 heterocycles. The van der Waals surface area contributed by atoms with E-state index in [4.69, 9.17) is 0 Å². The van der Waals surface area contributed by atoms with Crippen LogP contribution in [0.4, 0.5) is 17.3 Å². The minimum absolute atomic E-state index is 0.402. The van der Waals surface area contributed by atoms with Gasteiger partial charge in [0.25, 0.3) is 0 Å². The number of hydrogen-bond donors (Lipinski definition) is 1. The second-order valence-electron chi connectivity index (χ2n) is 6.79. The zero-order chi connectivity index (χ0) is 20.8. The molecular weight excluding hydrogens is 400 g/mol. The molecule has 1 aliphatic heterocycles. The largest absolute Gasteiger partial charge is 0.352 e. The van der Waals surface area contributed by atoms with Gasteiger partial charge in [-0.15, -0.1) is 10.2 Å². The van der Waals surface area contributed by atoms with E-state index < -0.39 is 10.0 Å². The van der Waals surface area contributed by atoms with Crippen molar-refractivity contribution < 1.29 is 8.42 Å². The van der Waals surface area contributed by atoms with Crippen LogP contribution in [0.3, 0.4) is 0 Å². The number of nitrogens with zero attached hydrogens (tertiary/aromatic N) is 5. The van der Waals surface area contributed by atoms with E-state index in [9.17, 15) is 8.42 Å². The van der Waals surface area contributed by atoms with Gasteiger partial charge in [0.1, 0.15) is 0 Å². The topological polar surface area (TPSA) is 91.3 Å².